The van der Waals surface area contributed by atoms with Crippen molar-refractivity contribution in [2.45, 2.75) is 57.3 Å². The molecule has 0 saturated heterocycles. The van der Waals surface area contributed by atoms with E-state index in [4.69, 9.17) is 4.74 Å². The number of hydrogen-bond donors (Lipinski definition) is 2. The average molecular weight is 439 g/mol. The van der Waals surface area contributed by atoms with Crippen LogP contribution in [-0.2, 0) is 16.9 Å². The zero-order chi connectivity index (χ0) is 22.3. The van der Waals surface area contributed by atoms with Crippen LogP contribution in [0.25, 0.3) is 11.3 Å². The summed E-state index contributed by atoms with van der Waals surface area (Å²) in [4.78, 5) is 4.34. The number of H-pyrrole nitrogens is 1. The molecule has 0 radical (unpaired) electrons. The molecule has 2 unspecified atom stereocenters. The van der Waals surface area contributed by atoms with E-state index in [1.54, 1.807) is 6.07 Å². The van der Waals surface area contributed by atoms with Crippen molar-refractivity contribution in [1.82, 2.24) is 25.4 Å². The predicted octanol–water partition coefficient (Wildman–Crippen LogP) is 3.92. The Balaban J connectivity index is 1.42. The molecule has 9 heteroatoms. The van der Waals surface area contributed by atoms with E-state index in [0.29, 0.717) is 29.9 Å². The molecule has 3 aromatic rings. The van der Waals surface area contributed by atoms with Gasteiger partial charge in [0.15, 0.2) is 5.82 Å². The molecule has 6 rings (SSSR count). The third-order valence-electron chi connectivity index (χ3n) is 7.90. The summed E-state index contributed by atoms with van der Waals surface area (Å²) in [5.74, 6) is 0.324. The first kappa shape index (κ1) is 19.9. The summed E-state index contributed by atoms with van der Waals surface area (Å²) in [5.41, 5.74) is 1.09. The zero-order valence-electron chi connectivity index (χ0n) is 17.8. The van der Waals surface area contributed by atoms with Gasteiger partial charge in [-0.25, -0.2) is 13.8 Å². The van der Waals surface area contributed by atoms with Gasteiger partial charge >= 0.3 is 0 Å². The number of hydrogen-bond acceptors (Lipinski definition) is 6. The number of halogens is 2. The van der Waals surface area contributed by atoms with Crippen LogP contribution < -0.4 is 0 Å². The molecule has 2 fully saturated rings. The Hall–Kier alpha value is -2.78. The predicted molar refractivity (Wildman–Crippen MR) is 109 cm³/mol. The van der Waals surface area contributed by atoms with Crippen LogP contribution in [0.1, 0.15) is 68.0 Å². The number of aromatic amines is 1. The van der Waals surface area contributed by atoms with Gasteiger partial charge in [-0.2, -0.15) is 10.2 Å². The number of nitrogens with one attached hydrogen (secondary N) is 1. The number of ether oxygens (including phenoxy) is 1. The highest BCUT2D eigenvalue weighted by Gasteiger charge is 2.78. The molecule has 2 aromatic heterocycles. The van der Waals surface area contributed by atoms with E-state index < -0.39 is 17.2 Å². The number of benzene rings is 1. The van der Waals surface area contributed by atoms with Crippen molar-refractivity contribution in [2.75, 3.05) is 0 Å². The fourth-order valence-electron chi connectivity index (χ4n) is 6.16. The maximum atomic E-state index is 14.4. The topological polar surface area (TPSA) is 96.8 Å². The summed E-state index contributed by atoms with van der Waals surface area (Å²) in [7, 11) is 0. The van der Waals surface area contributed by atoms with Crippen molar-refractivity contribution in [3.8, 4) is 11.3 Å². The van der Waals surface area contributed by atoms with Gasteiger partial charge in [0.2, 0.25) is 0 Å². The van der Waals surface area contributed by atoms with Gasteiger partial charge in [-0.3, -0.25) is 5.10 Å². The molecule has 4 bridgehead atoms. The fourth-order valence-corrected chi connectivity index (χ4v) is 6.16. The van der Waals surface area contributed by atoms with Crippen LogP contribution in [0.4, 0.5) is 8.78 Å². The van der Waals surface area contributed by atoms with Gasteiger partial charge in [0.25, 0.3) is 0 Å². The van der Waals surface area contributed by atoms with E-state index in [0.717, 1.165) is 24.1 Å². The van der Waals surface area contributed by atoms with E-state index in [-0.39, 0.29) is 29.4 Å². The van der Waals surface area contributed by atoms with Gasteiger partial charge in [-0.05, 0) is 54.9 Å². The van der Waals surface area contributed by atoms with Crippen molar-refractivity contribution in [2.24, 2.45) is 11.3 Å². The molecule has 3 aliphatic carbocycles. The zero-order valence-corrected chi connectivity index (χ0v) is 17.8. The van der Waals surface area contributed by atoms with Gasteiger partial charge in [-0.15, -0.1) is 5.10 Å². The molecule has 32 heavy (non-hydrogen) atoms. The summed E-state index contributed by atoms with van der Waals surface area (Å²) in [6.07, 6.45) is 2.04. The summed E-state index contributed by atoms with van der Waals surface area (Å²) in [6.45, 7) is 3.99. The Kier molecular flexibility index (Phi) is 4.11. The van der Waals surface area contributed by atoms with Crippen LogP contribution >= 0.6 is 0 Å². The fraction of sp³-hybridized carbons (Fsp3) is 0.478. The molecule has 7 nitrogen and oxygen atoms in total. The number of rotatable bonds is 6. The lowest BCUT2D eigenvalue weighted by Crippen LogP contribution is -2.73. The first-order chi connectivity index (χ1) is 15.4. The molecule has 0 aliphatic heterocycles. The first-order valence-electron chi connectivity index (χ1n) is 10.9. The SMILES string of the molecule is CC[C@@H](O[C@]12CC3[C@H](CC31C)c1cc(-c3c(F)cccc3F)nnc12)c1n[nH]c(CO)n1. The number of fused-ring (bicyclic) bond motifs is 3. The lowest BCUT2D eigenvalue weighted by molar-refractivity contribution is -0.331. The first-order valence-corrected chi connectivity index (χ1v) is 10.9. The van der Waals surface area contributed by atoms with E-state index >= 15 is 0 Å². The molecule has 2 heterocycles. The van der Waals surface area contributed by atoms with Crippen LogP contribution in [0, 0.1) is 23.0 Å². The van der Waals surface area contributed by atoms with Crippen molar-refractivity contribution in [1.29, 1.82) is 0 Å². The lowest BCUT2D eigenvalue weighted by atomic mass is 9.31. The summed E-state index contributed by atoms with van der Waals surface area (Å²) >= 11 is 0. The standard InChI is InChI=1S/C23H23F2N5O2/c1-3-17(21-26-18(10-31)28-30-21)32-23-9-13-12(8-22(13,23)2)11-7-16(27-29-20(11)23)19-14(24)5-4-6-15(19)25/h4-7,12-13,17,31H,3,8-10H2,1-2H3,(H,26,28,30)/t12-,13?,17-,22?,23+/m1/s1. The quantitative estimate of drug-likeness (QED) is 0.604. The lowest BCUT2D eigenvalue weighted by Gasteiger charge is -2.76. The van der Waals surface area contributed by atoms with Crippen molar-refractivity contribution in [3.63, 3.8) is 0 Å². The van der Waals surface area contributed by atoms with Crippen LogP contribution in [0.3, 0.4) is 0 Å². The molecule has 0 spiro atoms. The Morgan fingerprint density at radius 2 is 2.03 bits per heavy atom. The second-order valence-electron chi connectivity index (χ2n) is 9.31. The minimum atomic E-state index is -0.653. The van der Waals surface area contributed by atoms with Crippen molar-refractivity contribution < 1.29 is 18.6 Å². The van der Waals surface area contributed by atoms with E-state index in [2.05, 4.69) is 32.3 Å². The minimum absolute atomic E-state index is 0.0619. The van der Waals surface area contributed by atoms with Crippen LogP contribution in [0.15, 0.2) is 24.3 Å². The van der Waals surface area contributed by atoms with Crippen LogP contribution in [0.5, 0.6) is 0 Å². The minimum Gasteiger partial charge on any atom is -0.388 e. The van der Waals surface area contributed by atoms with Gasteiger partial charge in [0.05, 0.1) is 17.0 Å². The number of nitrogens with zero attached hydrogens (tertiary/aromatic N) is 4. The highest BCUT2D eigenvalue weighted by Crippen LogP contribution is 2.81. The van der Waals surface area contributed by atoms with Crippen molar-refractivity contribution >= 4 is 0 Å². The molecule has 2 saturated carbocycles. The molecule has 5 atom stereocenters. The summed E-state index contributed by atoms with van der Waals surface area (Å²) in [6, 6.07) is 5.58. The molecule has 3 aliphatic rings. The smallest absolute Gasteiger partial charge is 0.179 e. The second-order valence-corrected chi connectivity index (χ2v) is 9.31. The van der Waals surface area contributed by atoms with Gasteiger partial charge in [0.1, 0.15) is 35.8 Å². The molecular weight excluding hydrogens is 416 g/mol. The number of aromatic nitrogens is 5. The highest BCUT2D eigenvalue weighted by molar-refractivity contribution is 5.63. The maximum Gasteiger partial charge on any atom is 0.179 e. The second kappa shape index (κ2) is 6.62. The molecular formula is C23H23F2N5O2. The Morgan fingerprint density at radius 1 is 1.25 bits per heavy atom. The summed E-state index contributed by atoms with van der Waals surface area (Å²) in [5, 5.41) is 25.0. The van der Waals surface area contributed by atoms with Gasteiger partial charge in [0, 0.05) is 5.41 Å². The monoisotopic (exact) mass is 439 g/mol. The van der Waals surface area contributed by atoms with Crippen LogP contribution in [0.2, 0.25) is 0 Å². The Labute approximate surface area is 183 Å². The Bertz CT molecular complexity index is 1210. The van der Waals surface area contributed by atoms with E-state index in [1.165, 1.54) is 18.2 Å². The Morgan fingerprint density at radius 3 is 2.66 bits per heavy atom. The third kappa shape index (κ3) is 2.35. The van der Waals surface area contributed by atoms with Gasteiger partial charge < -0.3 is 9.84 Å². The molecule has 0 amide bonds. The molecule has 166 valence electrons. The summed E-state index contributed by atoms with van der Waals surface area (Å²) < 4.78 is 35.5. The van der Waals surface area contributed by atoms with Crippen molar-refractivity contribution in [3.05, 3.63) is 58.8 Å². The maximum absolute atomic E-state index is 14.4. The third-order valence-corrected chi connectivity index (χ3v) is 7.90. The van der Waals surface area contributed by atoms with Crippen LogP contribution in [-0.4, -0.2) is 30.5 Å². The highest BCUT2D eigenvalue weighted by atomic mass is 19.1. The van der Waals surface area contributed by atoms with Gasteiger partial charge in [-0.1, -0.05) is 19.9 Å². The number of aliphatic hydroxyl groups excluding tert-OH is 1. The average Bonchev–Trinajstić information content (AvgIpc) is 3.27. The molecule has 1 aromatic carbocycles. The van der Waals surface area contributed by atoms with E-state index in [1.807, 2.05) is 6.92 Å². The van der Waals surface area contributed by atoms with E-state index in [9.17, 15) is 13.9 Å². The largest absolute Gasteiger partial charge is 0.388 e. The number of aliphatic hydroxyl groups is 1. The molecule has 2 N–H and O–H groups in total. The normalized spacial score (nSPS) is 30.3.